The van der Waals surface area contributed by atoms with Crippen LogP contribution in [0.3, 0.4) is 0 Å². The molecular weight excluding hydrogens is 616 g/mol. The molecule has 0 saturated carbocycles. The number of benzene rings is 3. The number of amides is 2. The Morgan fingerprint density at radius 1 is 1.00 bits per heavy atom. The Morgan fingerprint density at radius 3 is 2.60 bits per heavy atom. The summed E-state index contributed by atoms with van der Waals surface area (Å²) in [5.74, 6) is 0.0173. The third-order valence-corrected chi connectivity index (χ3v) is 9.21. The third kappa shape index (κ3) is 8.28. The second kappa shape index (κ2) is 14.1. The van der Waals surface area contributed by atoms with Gasteiger partial charge in [0.05, 0.1) is 12.1 Å². The molecule has 2 amide bonds. The minimum atomic E-state index is -0.495. The monoisotopic (exact) mass is 656 g/mol. The first-order valence-electron chi connectivity index (χ1n) is 15.9. The lowest BCUT2D eigenvalue weighted by atomic mass is 10.1. The van der Waals surface area contributed by atoms with Gasteiger partial charge in [0, 0.05) is 48.0 Å². The summed E-state index contributed by atoms with van der Waals surface area (Å²) in [6, 6.07) is 22.1. The highest BCUT2D eigenvalue weighted by Gasteiger charge is 2.46. The molecule has 4 aromatic rings. The van der Waals surface area contributed by atoms with Crippen molar-refractivity contribution in [3.05, 3.63) is 83.4 Å². The molecule has 3 aromatic carbocycles. The van der Waals surface area contributed by atoms with Gasteiger partial charge in [0.15, 0.2) is 0 Å². The number of hydrogen-bond donors (Lipinski definition) is 1. The van der Waals surface area contributed by atoms with Crippen LogP contribution in [0.15, 0.2) is 72.1 Å². The number of nitrogens with one attached hydrogen (secondary N) is 1. The number of carbonyl (C=O) groups is 3. The van der Waals surface area contributed by atoms with Crippen LogP contribution in [0.1, 0.15) is 38.4 Å². The summed E-state index contributed by atoms with van der Waals surface area (Å²) in [4.78, 5) is 46.1. The number of hydrogen-bond acceptors (Lipinski definition) is 9. The number of esters is 1. The molecule has 2 aliphatic heterocycles. The second-order valence-electron chi connectivity index (χ2n) is 13.0. The van der Waals surface area contributed by atoms with Crippen LogP contribution in [0, 0.1) is 0 Å². The molecule has 2 bridgehead atoms. The van der Waals surface area contributed by atoms with Gasteiger partial charge in [-0.2, -0.15) is 0 Å². The molecule has 2 fully saturated rings. The number of ether oxygens (including phenoxy) is 3. The summed E-state index contributed by atoms with van der Waals surface area (Å²) < 4.78 is 17.1. The third-order valence-electron chi connectivity index (χ3n) is 8.27. The summed E-state index contributed by atoms with van der Waals surface area (Å²) in [6.07, 6.45) is 0.813. The quantitative estimate of drug-likeness (QED) is 0.213. The maximum absolute atomic E-state index is 12.6. The average molecular weight is 657 g/mol. The maximum atomic E-state index is 12.6. The molecule has 2 saturated heterocycles. The zero-order chi connectivity index (χ0) is 33.0. The molecule has 10 nitrogen and oxygen atoms in total. The molecule has 3 heterocycles. The summed E-state index contributed by atoms with van der Waals surface area (Å²) in [7, 11) is 0. The van der Waals surface area contributed by atoms with Crippen molar-refractivity contribution in [1.29, 1.82) is 0 Å². The van der Waals surface area contributed by atoms with E-state index >= 15 is 0 Å². The Hall–Kier alpha value is -4.48. The van der Waals surface area contributed by atoms with Crippen LogP contribution in [0.2, 0.25) is 0 Å². The van der Waals surface area contributed by atoms with Gasteiger partial charge in [-0.25, -0.2) is 9.78 Å². The lowest BCUT2D eigenvalue weighted by Gasteiger charge is -2.35. The second-order valence-corrected chi connectivity index (χ2v) is 13.8. The number of carbonyl (C=O) groups excluding carboxylic acids is 3. The van der Waals surface area contributed by atoms with Crippen LogP contribution in [-0.2, 0) is 32.1 Å². The van der Waals surface area contributed by atoms with Crippen molar-refractivity contribution >= 4 is 40.1 Å². The number of fused-ring (bicyclic) bond motifs is 3. The van der Waals surface area contributed by atoms with Crippen LogP contribution < -0.4 is 10.1 Å². The van der Waals surface area contributed by atoms with Gasteiger partial charge in [-0.05, 0) is 50.3 Å². The minimum absolute atomic E-state index is 0.0678. The van der Waals surface area contributed by atoms with E-state index in [1.807, 2.05) is 79.6 Å². The van der Waals surface area contributed by atoms with Gasteiger partial charge in [0.2, 0.25) is 5.91 Å². The molecular formula is C36H40N4O6S. The molecule has 0 unspecified atom stereocenters. The van der Waals surface area contributed by atoms with Crippen molar-refractivity contribution < 1.29 is 28.6 Å². The number of rotatable bonds is 11. The topological polar surface area (TPSA) is 110 Å². The fourth-order valence-electron chi connectivity index (χ4n) is 6.05. The number of likely N-dealkylation sites (tertiary alicyclic amines) is 2. The van der Waals surface area contributed by atoms with E-state index in [1.54, 1.807) is 0 Å². The van der Waals surface area contributed by atoms with Gasteiger partial charge >= 0.3 is 12.1 Å². The molecule has 2 atom stereocenters. The zero-order valence-corrected chi connectivity index (χ0v) is 27.8. The summed E-state index contributed by atoms with van der Waals surface area (Å²) in [5.41, 5.74) is 1.96. The number of piperazine rings is 1. The minimum Gasteiger partial charge on any atom is -0.492 e. The highest BCUT2D eigenvalue weighted by atomic mass is 32.1. The zero-order valence-electron chi connectivity index (χ0n) is 26.9. The first-order chi connectivity index (χ1) is 22.6. The summed E-state index contributed by atoms with van der Waals surface area (Å²) in [6.45, 7) is 8.49. The molecule has 2 aliphatic rings. The molecule has 246 valence electrons. The van der Waals surface area contributed by atoms with E-state index in [1.165, 1.54) is 11.3 Å². The molecule has 11 heteroatoms. The standard InChI is InChI=1S/C36H40N4O6S/c1-36(2,3)46-35(43)40-21-28-18-29(40)20-39(28)14-15-44-31-11-7-10-25-12-13-26(16-30(25)31)34-38-27(23-47-34)17-32(41)37-19-33(42)45-22-24-8-5-4-6-9-24/h4-13,16,23,28-29H,14-15,17-22H2,1-3H3,(H,37,41)/t28-,29-/m0/s1. The van der Waals surface area contributed by atoms with Crippen molar-refractivity contribution in [2.24, 2.45) is 0 Å². The Labute approximate surface area is 278 Å². The average Bonchev–Trinajstić information content (AvgIpc) is 3.79. The number of thiazole rings is 1. The Morgan fingerprint density at radius 2 is 1.83 bits per heavy atom. The first-order valence-corrected chi connectivity index (χ1v) is 16.8. The van der Waals surface area contributed by atoms with Gasteiger partial charge in [-0.15, -0.1) is 11.3 Å². The molecule has 6 rings (SSSR count). The predicted octanol–water partition coefficient (Wildman–Crippen LogP) is 5.44. The van der Waals surface area contributed by atoms with Crippen molar-refractivity contribution in [1.82, 2.24) is 20.1 Å². The predicted molar refractivity (Wildman–Crippen MR) is 180 cm³/mol. The van der Waals surface area contributed by atoms with E-state index in [-0.39, 0.29) is 37.6 Å². The maximum Gasteiger partial charge on any atom is 0.410 e. The molecule has 0 spiro atoms. The van der Waals surface area contributed by atoms with Gasteiger partial charge in [0.25, 0.3) is 0 Å². The van der Waals surface area contributed by atoms with Gasteiger partial charge in [-0.3, -0.25) is 14.5 Å². The van der Waals surface area contributed by atoms with Crippen molar-refractivity contribution in [2.75, 3.05) is 32.8 Å². The van der Waals surface area contributed by atoms with E-state index in [0.717, 1.165) is 52.2 Å². The fourth-order valence-corrected chi connectivity index (χ4v) is 6.87. The fraction of sp³-hybridized carbons (Fsp3) is 0.389. The smallest absolute Gasteiger partial charge is 0.410 e. The molecule has 1 N–H and O–H groups in total. The summed E-state index contributed by atoms with van der Waals surface area (Å²) in [5, 5.41) is 7.34. The van der Waals surface area contributed by atoms with Crippen molar-refractivity contribution in [3.8, 4) is 16.3 Å². The van der Waals surface area contributed by atoms with E-state index < -0.39 is 11.6 Å². The first kappa shape index (κ1) is 32.5. The Kier molecular flexibility index (Phi) is 9.74. The van der Waals surface area contributed by atoms with Crippen LogP contribution in [0.25, 0.3) is 21.3 Å². The van der Waals surface area contributed by atoms with Crippen LogP contribution in [0.4, 0.5) is 4.79 Å². The van der Waals surface area contributed by atoms with Crippen LogP contribution >= 0.6 is 11.3 Å². The van der Waals surface area contributed by atoms with Crippen LogP contribution in [-0.4, -0.2) is 83.2 Å². The van der Waals surface area contributed by atoms with E-state index in [0.29, 0.717) is 24.9 Å². The SMILES string of the molecule is CC(C)(C)OC(=O)N1C[C@@H]2C[C@H]1CN2CCOc1cccc2ccc(-c3nc(CC(=O)NCC(=O)OCc4ccccc4)cs3)cc12. The lowest BCUT2D eigenvalue weighted by molar-refractivity contribution is -0.145. The van der Waals surface area contributed by atoms with Gasteiger partial charge in [0.1, 0.15) is 36.1 Å². The van der Waals surface area contributed by atoms with Gasteiger partial charge < -0.3 is 24.4 Å². The molecule has 47 heavy (non-hydrogen) atoms. The molecule has 1 aromatic heterocycles. The summed E-state index contributed by atoms with van der Waals surface area (Å²) >= 11 is 1.47. The van der Waals surface area contributed by atoms with Gasteiger partial charge in [-0.1, -0.05) is 54.6 Å². The Bertz CT molecular complexity index is 1740. The van der Waals surface area contributed by atoms with E-state index in [9.17, 15) is 14.4 Å². The normalized spacial score (nSPS) is 17.6. The Balaban J connectivity index is 0.997. The van der Waals surface area contributed by atoms with E-state index in [2.05, 4.69) is 28.4 Å². The largest absolute Gasteiger partial charge is 0.492 e. The number of aromatic nitrogens is 1. The molecule has 0 aliphatic carbocycles. The van der Waals surface area contributed by atoms with Crippen molar-refractivity contribution in [3.63, 3.8) is 0 Å². The van der Waals surface area contributed by atoms with E-state index in [4.69, 9.17) is 19.2 Å². The molecule has 0 radical (unpaired) electrons. The van der Waals surface area contributed by atoms with Crippen molar-refractivity contribution in [2.45, 2.75) is 57.9 Å². The lowest BCUT2D eigenvalue weighted by Crippen LogP contribution is -2.50. The highest BCUT2D eigenvalue weighted by Crippen LogP contribution is 2.34. The number of nitrogens with zero attached hydrogens (tertiary/aromatic N) is 3. The van der Waals surface area contributed by atoms with Crippen LogP contribution in [0.5, 0.6) is 5.75 Å². The highest BCUT2D eigenvalue weighted by molar-refractivity contribution is 7.13.